The number of sulfone groups is 1. The number of ether oxygens (including phenoxy) is 2. The molecule has 7 heteroatoms. The third-order valence-corrected chi connectivity index (χ3v) is 6.44. The highest BCUT2D eigenvalue weighted by Gasteiger charge is 2.31. The Morgan fingerprint density at radius 3 is 2.12 bits per heavy atom. The van der Waals surface area contributed by atoms with Crippen LogP contribution in [0.5, 0.6) is 11.5 Å². The minimum absolute atomic E-state index is 0.0129. The molecule has 25 heavy (non-hydrogen) atoms. The second-order valence-electron chi connectivity index (χ2n) is 6.59. The van der Waals surface area contributed by atoms with Gasteiger partial charge in [0.2, 0.25) is 5.91 Å². The van der Waals surface area contributed by atoms with Gasteiger partial charge >= 0.3 is 0 Å². The molecule has 0 saturated heterocycles. The quantitative estimate of drug-likeness (QED) is 0.760. The first-order chi connectivity index (χ1) is 11.5. The van der Waals surface area contributed by atoms with Crippen molar-refractivity contribution in [2.45, 2.75) is 64.2 Å². The summed E-state index contributed by atoms with van der Waals surface area (Å²) in [5.74, 6) is 0.674. The summed E-state index contributed by atoms with van der Waals surface area (Å²) in [5.41, 5.74) is 0.801. The van der Waals surface area contributed by atoms with Gasteiger partial charge in [0.05, 0.1) is 24.5 Å². The van der Waals surface area contributed by atoms with Crippen molar-refractivity contribution in [2.75, 3.05) is 7.11 Å². The maximum absolute atomic E-state index is 12.3. The van der Waals surface area contributed by atoms with Gasteiger partial charge in [-0.1, -0.05) is 6.07 Å². The molecule has 2 atom stereocenters. The van der Waals surface area contributed by atoms with Crippen LogP contribution >= 0.6 is 0 Å². The van der Waals surface area contributed by atoms with E-state index in [1.165, 1.54) is 6.92 Å². The Bertz CT molecular complexity index is 697. The SMILES string of the molecule is COc1cc(C(C)NC(=O)C(C)S(=O)(=O)C(C)C)ccc1OC(C)C. The lowest BCUT2D eigenvalue weighted by molar-refractivity contribution is -0.121. The molecule has 0 heterocycles. The van der Waals surface area contributed by atoms with Crippen LogP contribution in [0.15, 0.2) is 18.2 Å². The Morgan fingerprint density at radius 1 is 1.04 bits per heavy atom. The van der Waals surface area contributed by atoms with Gasteiger partial charge in [-0.25, -0.2) is 8.42 Å². The van der Waals surface area contributed by atoms with Gasteiger partial charge in [0.25, 0.3) is 0 Å². The zero-order valence-corrected chi connectivity index (χ0v) is 16.8. The van der Waals surface area contributed by atoms with E-state index in [1.54, 1.807) is 40.0 Å². The van der Waals surface area contributed by atoms with Crippen LogP contribution in [0.2, 0.25) is 0 Å². The second kappa shape index (κ2) is 8.56. The minimum Gasteiger partial charge on any atom is -0.493 e. The third kappa shape index (κ3) is 5.36. The molecule has 1 N–H and O–H groups in total. The molecule has 1 aromatic rings. The molecule has 0 bridgehead atoms. The van der Waals surface area contributed by atoms with Gasteiger partial charge < -0.3 is 14.8 Å². The van der Waals surface area contributed by atoms with Crippen molar-refractivity contribution in [3.8, 4) is 11.5 Å². The average Bonchev–Trinajstić information content (AvgIpc) is 2.53. The fourth-order valence-corrected chi connectivity index (χ4v) is 3.46. The zero-order valence-electron chi connectivity index (χ0n) is 16.0. The summed E-state index contributed by atoms with van der Waals surface area (Å²) in [7, 11) is -1.95. The van der Waals surface area contributed by atoms with Gasteiger partial charge in [-0.15, -0.1) is 0 Å². The standard InChI is InChI=1S/C18H29NO5S/c1-11(2)24-16-9-8-15(10-17(16)23-7)13(5)19-18(20)14(6)25(21,22)12(3)4/h8-14H,1-7H3,(H,19,20). The Kier molecular flexibility index (Phi) is 7.29. The van der Waals surface area contributed by atoms with Gasteiger partial charge in [-0.05, 0) is 59.2 Å². The molecule has 1 aromatic carbocycles. The van der Waals surface area contributed by atoms with Crippen LogP contribution in [-0.2, 0) is 14.6 Å². The van der Waals surface area contributed by atoms with Crippen LogP contribution in [0.25, 0.3) is 0 Å². The second-order valence-corrected chi connectivity index (χ2v) is 9.42. The molecule has 142 valence electrons. The molecule has 0 aliphatic carbocycles. The lowest BCUT2D eigenvalue weighted by Crippen LogP contribution is -2.41. The maximum Gasteiger partial charge on any atom is 0.238 e. The number of rotatable bonds is 8. The van der Waals surface area contributed by atoms with E-state index in [0.717, 1.165) is 5.56 Å². The Balaban J connectivity index is 2.94. The summed E-state index contributed by atoms with van der Waals surface area (Å²) in [6, 6.07) is 5.03. The molecule has 0 fully saturated rings. The van der Waals surface area contributed by atoms with Crippen LogP contribution in [0.1, 0.15) is 53.1 Å². The normalized spacial score (nSPS) is 14.3. The summed E-state index contributed by atoms with van der Waals surface area (Å²) < 4.78 is 35.3. The van der Waals surface area contributed by atoms with E-state index in [1.807, 2.05) is 19.9 Å². The van der Waals surface area contributed by atoms with Crippen LogP contribution < -0.4 is 14.8 Å². The lowest BCUT2D eigenvalue weighted by atomic mass is 10.1. The van der Waals surface area contributed by atoms with Crippen molar-refractivity contribution >= 4 is 15.7 Å². The zero-order chi connectivity index (χ0) is 19.4. The maximum atomic E-state index is 12.3. The van der Waals surface area contributed by atoms with E-state index >= 15 is 0 Å². The first-order valence-electron chi connectivity index (χ1n) is 8.38. The number of nitrogens with one attached hydrogen (secondary N) is 1. The molecule has 0 spiro atoms. The number of methoxy groups -OCH3 is 1. The molecule has 0 aliphatic rings. The molecule has 2 unspecified atom stereocenters. The molecule has 1 rings (SSSR count). The van der Waals surface area contributed by atoms with Crippen LogP contribution in [0.4, 0.5) is 0 Å². The van der Waals surface area contributed by atoms with Gasteiger partial charge in [0.15, 0.2) is 21.3 Å². The molecule has 0 saturated carbocycles. The predicted molar refractivity (Wildman–Crippen MR) is 98.8 cm³/mol. The van der Waals surface area contributed by atoms with E-state index in [-0.39, 0.29) is 12.1 Å². The molecular weight excluding hydrogens is 342 g/mol. The van der Waals surface area contributed by atoms with Crippen molar-refractivity contribution < 1.29 is 22.7 Å². The highest BCUT2D eigenvalue weighted by atomic mass is 32.2. The minimum atomic E-state index is -3.49. The Hall–Kier alpha value is -1.76. The molecule has 0 radical (unpaired) electrons. The summed E-state index contributed by atoms with van der Waals surface area (Å²) in [6.07, 6.45) is 0.0129. The first kappa shape index (κ1) is 21.3. The van der Waals surface area contributed by atoms with E-state index in [9.17, 15) is 13.2 Å². The summed E-state index contributed by atoms with van der Waals surface area (Å²) in [6.45, 7) is 10.2. The third-order valence-electron chi connectivity index (χ3n) is 3.93. The van der Waals surface area contributed by atoms with Crippen molar-refractivity contribution in [1.29, 1.82) is 0 Å². The van der Waals surface area contributed by atoms with Crippen molar-refractivity contribution in [1.82, 2.24) is 5.32 Å². The molecular formula is C18H29NO5S. The Morgan fingerprint density at radius 2 is 1.64 bits per heavy atom. The van der Waals surface area contributed by atoms with Gasteiger partial charge in [-0.3, -0.25) is 4.79 Å². The molecule has 6 nitrogen and oxygen atoms in total. The van der Waals surface area contributed by atoms with Crippen molar-refractivity contribution in [2.24, 2.45) is 0 Å². The number of hydrogen-bond donors (Lipinski definition) is 1. The predicted octanol–water partition coefficient (Wildman–Crippen LogP) is 2.87. The van der Waals surface area contributed by atoms with E-state index in [2.05, 4.69) is 5.32 Å². The topological polar surface area (TPSA) is 81.7 Å². The summed E-state index contributed by atoms with van der Waals surface area (Å²) >= 11 is 0. The largest absolute Gasteiger partial charge is 0.493 e. The monoisotopic (exact) mass is 371 g/mol. The first-order valence-corrected chi connectivity index (χ1v) is 9.99. The lowest BCUT2D eigenvalue weighted by Gasteiger charge is -2.21. The number of hydrogen-bond acceptors (Lipinski definition) is 5. The number of carbonyl (C=O) groups is 1. The van der Waals surface area contributed by atoms with Crippen LogP contribution in [-0.4, -0.2) is 38.0 Å². The van der Waals surface area contributed by atoms with Gasteiger partial charge in [-0.2, -0.15) is 0 Å². The number of carbonyl (C=O) groups excluding carboxylic acids is 1. The van der Waals surface area contributed by atoms with Crippen molar-refractivity contribution in [3.05, 3.63) is 23.8 Å². The summed E-state index contributed by atoms with van der Waals surface area (Å²) in [5, 5.41) is 1.06. The summed E-state index contributed by atoms with van der Waals surface area (Å²) in [4.78, 5) is 12.3. The van der Waals surface area contributed by atoms with Gasteiger partial charge in [0, 0.05) is 0 Å². The van der Waals surface area contributed by atoms with E-state index in [4.69, 9.17) is 9.47 Å². The fraction of sp³-hybridized carbons (Fsp3) is 0.611. The smallest absolute Gasteiger partial charge is 0.238 e. The molecule has 0 aliphatic heterocycles. The van der Waals surface area contributed by atoms with Crippen LogP contribution in [0, 0.1) is 0 Å². The number of benzene rings is 1. The van der Waals surface area contributed by atoms with E-state index < -0.39 is 26.2 Å². The molecule has 1 amide bonds. The van der Waals surface area contributed by atoms with Gasteiger partial charge in [0.1, 0.15) is 5.25 Å². The highest BCUT2D eigenvalue weighted by molar-refractivity contribution is 7.93. The number of amides is 1. The Labute approximate surface area is 150 Å². The molecule has 0 aromatic heterocycles. The van der Waals surface area contributed by atoms with Crippen LogP contribution in [0.3, 0.4) is 0 Å². The van der Waals surface area contributed by atoms with Crippen molar-refractivity contribution in [3.63, 3.8) is 0 Å². The van der Waals surface area contributed by atoms with E-state index in [0.29, 0.717) is 11.5 Å². The highest BCUT2D eigenvalue weighted by Crippen LogP contribution is 2.31. The average molecular weight is 371 g/mol. The fourth-order valence-electron chi connectivity index (χ4n) is 2.28.